The first kappa shape index (κ1) is 23.3. The van der Waals surface area contributed by atoms with E-state index < -0.39 is 0 Å². The Bertz CT molecular complexity index is 250. The molecule has 0 fully saturated rings. The zero-order chi connectivity index (χ0) is 17.7. The highest BCUT2D eigenvalue weighted by Gasteiger charge is 2.04. The quantitative estimate of drug-likeness (QED) is 0.269. The lowest BCUT2D eigenvalue weighted by atomic mass is 10.1. The number of aldehydes is 2. The second-order valence-electron chi connectivity index (χ2n) is 6.74. The highest BCUT2D eigenvalue weighted by molar-refractivity contribution is 5.49. The summed E-state index contributed by atoms with van der Waals surface area (Å²) in [6, 6.07) is 0. The van der Waals surface area contributed by atoms with E-state index in [9.17, 15) is 9.59 Å². The van der Waals surface area contributed by atoms with Crippen LogP contribution in [0.5, 0.6) is 0 Å². The second kappa shape index (κ2) is 20.3. The Labute approximate surface area is 149 Å². The maximum absolute atomic E-state index is 10.3. The van der Waals surface area contributed by atoms with E-state index in [-0.39, 0.29) is 0 Å². The van der Waals surface area contributed by atoms with Crippen LogP contribution in [0.15, 0.2) is 0 Å². The van der Waals surface area contributed by atoms with Gasteiger partial charge in [-0.25, -0.2) is 0 Å². The van der Waals surface area contributed by atoms with Gasteiger partial charge in [0.05, 0.1) is 0 Å². The zero-order valence-electron chi connectivity index (χ0n) is 15.9. The molecule has 1 N–H and O–H groups in total. The minimum Gasteiger partial charge on any atom is -0.320 e. The van der Waals surface area contributed by atoms with Gasteiger partial charge in [0.25, 0.3) is 0 Å². The van der Waals surface area contributed by atoms with E-state index in [2.05, 4.69) is 10.2 Å². The number of carbonyl (C=O) groups is 2. The Morgan fingerprint density at radius 3 is 1.50 bits per heavy atom. The van der Waals surface area contributed by atoms with Crippen LogP contribution in [0.2, 0.25) is 0 Å². The first-order valence-corrected chi connectivity index (χ1v) is 10.1. The maximum Gasteiger partial charge on any atom is 0.119 e. The lowest BCUT2D eigenvalue weighted by Crippen LogP contribution is -2.29. The Morgan fingerprint density at radius 2 is 1.04 bits per heavy atom. The van der Waals surface area contributed by atoms with Gasteiger partial charge in [-0.1, -0.05) is 38.5 Å². The molecule has 4 nitrogen and oxygen atoms in total. The summed E-state index contributed by atoms with van der Waals surface area (Å²) >= 11 is 0. The largest absolute Gasteiger partial charge is 0.320 e. The molecule has 24 heavy (non-hydrogen) atoms. The van der Waals surface area contributed by atoms with E-state index in [1.54, 1.807) is 0 Å². The van der Waals surface area contributed by atoms with E-state index >= 15 is 0 Å². The molecule has 0 atom stereocenters. The van der Waals surface area contributed by atoms with Crippen LogP contribution < -0.4 is 5.32 Å². The monoisotopic (exact) mass is 340 g/mol. The molecular weight excluding hydrogens is 300 g/mol. The maximum atomic E-state index is 10.3. The molecule has 0 aromatic carbocycles. The summed E-state index contributed by atoms with van der Waals surface area (Å²) in [5.41, 5.74) is 0. The third-order valence-corrected chi connectivity index (χ3v) is 4.49. The molecule has 0 aromatic rings. The molecule has 0 unspecified atom stereocenters. The van der Waals surface area contributed by atoms with Crippen molar-refractivity contribution >= 4 is 12.6 Å². The number of hydrogen-bond donors (Lipinski definition) is 1. The Balaban J connectivity index is 3.67. The molecule has 0 amide bonds. The fourth-order valence-electron chi connectivity index (χ4n) is 3.00. The van der Waals surface area contributed by atoms with Crippen molar-refractivity contribution in [2.75, 3.05) is 33.2 Å². The first-order valence-electron chi connectivity index (χ1n) is 10.1. The number of rotatable bonds is 20. The average molecular weight is 341 g/mol. The molecule has 4 heteroatoms. The predicted molar refractivity (Wildman–Crippen MR) is 103 cm³/mol. The highest BCUT2D eigenvalue weighted by atomic mass is 16.1. The van der Waals surface area contributed by atoms with E-state index in [4.69, 9.17) is 0 Å². The Morgan fingerprint density at radius 1 is 0.625 bits per heavy atom. The minimum atomic E-state index is 0.725. The van der Waals surface area contributed by atoms with Crippen LogP contribution in [-0.4, -0.2) is 50.7 Å². The van der Waals surface area contributed by atoms with E-state index in [1.165, 1.54) is 77.4 Å². The van der Waals surface area contributed by atoms with Crippen LogP contribution in [-0.2, 0) is 9.59 Å². The van der Waals surface area contributed by atoms with Crippen LogP contribution in [0.1, 0.15) is 83.5 Å². The number of carbonyl (C=O) groups excluding carboxylic acids is 2. The fourth-order valence-corrected chi connectivity index (χ4v) is 3.00. The summed E-state index contributed by atoms with van der Waals surface area (Å²) in [5.74, 6) is 0. The van der Waals surface area contributed by atoms with Gasteiger partial charge in [0.1, 0.15) is 12.6 Å². The van der Waals surface area contributed by atoms with Gasteiger partial charge in [-0.15, -0.1) is 0 Å². The van der Waals surface area contributed by atoms with E-state index in [0.717, 1.165) is 44.8 Å². The molecule has 0 saturated carbocycles. The molecule has 0 saturated heterocycles. The second-order valence-corrected chi connectivity index (χ2v) is 6.74. The van der Waals surface area contributed by atoms with Crippen molar-refractivity contribution in [2.24, 2.45) is 0 Å². The molecule has 0 aliphatic rings. The summed E-state index contributed by atoms with van der Waals surface area (Å²) in [6.07, 6.45) is 16.9. The first-order chi connectivity index (χ1) is 11.8. The van der Waals surface area contributed by atoms with Gasteiger partial charge < -0.3 is 19.8 Å². The molecule has 0 radical (unpaired) electrons. The number of nitrogens with zero attached hydrogens (tertiary/aromatic N) is 1. The highest BCUT2D eigenvalue weighted by Crippen LogP contribution is 2.09. The van der Waals surface area contributed by atoms with Gasteiger partial charge in [0.2, 0.25) is 0 Å². The number of unbranched alkanes of at least 4 members (excludes halogenated alkanes) is 10. The lowest BCUT2D eigenvalue weighted by Gasteiger charge is -2.22. The van der Waals surface area contributed by atoms with Crippen LogP contribution in [0.25, 0.3) is 0 Å². The average Bonchev–Trinajstić information content (AvgIpc) is 2.59. The molecule has 0 bridgehead atoms. The van der Waals surface area contributed by atoms with Crippen molar-refractivity contribution < 1.29 is 9.59 Å². The van der Waals surface area contributed by atoms with Gasteiger partial charge in [-0.2, -0.15) is 0 Å². The van der Waals surface area contributed by atoms with Crippen molar-refractivity contribution in [3.63, 3.8) is 0 Å². The SMILES string of the molecule is CNCCCN(CCCCCCCC=O)CCCCCCCC=O. The molecule has 0 aromatic heterocycles. The standard InChI is InChI=1S/C20H40N2O2/c1-21-15-14-18-22(16-10-6-2-4-8-12-19-23)17-11-7-3-5-9-13-20-24/h19-21H,2-18H2,1H3. The molecule has 0 rings (SSSR count). The van der Waals surface area contributed by atoms with Crippen molar-refractivity contribution in [1.82, 2.24) is 10.2 Å². The predicted octanol–water partition coefficient (Wildman–Crippen LogP) is 3.98. The van der Waals surface area contributed by atoms with Gasteiger partial charge in [0, 0.05) is 12.8 Å². The smallest absolute Gasteiger partial charge is 0.119 e. The van der Waals surface area contributed by atoms with E-state index in [1.807, 2.05) is 7.05 Å². The molecule has 0 spiro atoms. The lowest BCUT2D eigenvalue weighted by molar-refractivity contribution is -0.108. The van der Waals surface area contributed by atoms with E-state index in [0.29, 0.717) is 0 Å². The summed E-state index contributed by atoms with van der Waals surface area (Å²) in [6.45, 7) is 4.70. The van der Waals surface area contributed by atoms with Crippen molar-refractivity contribution in [3.8, 4) is 0 Å². The fraction of sp³-hybridized carbons (Fsp3) is 0.900. The summed E-state index contributed by atoms with van der Waals surface area (Å²) in [4.78, 5) is 23.2. The van der Waals surface area contributed by atoms with Gasteiger partial charge in [-0.3, -0.25) is 0 Å². The zero-order valence-corrected chi connectivity index (χ0v) is 15.9. The normalized spacial score (nSPS) is 11.1. The summed E-state index contributed by atoms with van der Waals surface area (Å²) in [7, 11) is 2.02. The number of nitrogens with one attached hydrogen (secondary N) is 1. The Hall–Kier alpha value is -0.740. The molecule has 0 heterocycles. The summed E-state index contributed by atoms with van der Waals surface area (Å²) < 4.78 is 0. The van der Waals surface area contributed by atoms with Crippen LogP contribution in [0, 0.1) is 0 Å². The van der Waals surface area contributed by atoms with Crippen LogP contribution >= 0.6 is 0 Å². The Kier molecular flexibility index (Phi) is 19.7. The topological polar surface area (TPSA) is 49.4 Å². The van der Waals surface area contributed by atoms with Crippen molar-refractivity contribution in [2.45, 2.75) is 83.5 Å². The van der Waals surface area contributed by atoms with Gasteiger partial charge >= 0.3 is 0 Å². The molecule has 0 aliphatic carbocycles. The third kappa shape index (κ3) is 17.6. The van der Waals surface area contributed by atoms with Crippen molar-refractivity contribution in [1.29, 1.82) is 0 Å². The van der Waals surface area contributed by atoms with Gasteiger partial charge in [-0.05, 0) is 65.3 Å². The molecular formula is C20H40N2O2. The van der Waals surface area contributed by atoms with Crippen LogP contribution in [0.4, 0.5) is 0 Å². The van der Waals surface area contributed by atoms with Crippen LogP contribution in [0.3, 0.4) is 0 Å². The summed E-state index contributed by atoms with van der Waals surface area (Å²) in [5, 5.41) is 3.23. The van der Waals surface area contributed by atoms with Crippen molar-refractivity contribution in [3.05, 3.63) is 0 Å². The minimum absolute atomic E-state index is 0.725. The number of hydrogen-bond acceptors (Lipinski definition) is 4. The molecule has 0 aliphatic heterocycles. The third-order valence-electron chi connectivity index (χ3n) is 4.49. The van der Waals surface area contributed by atoms with Gasteiger partial charge in [0.15, 0.2) is 0 Å². The molecule has 142 valence electrons.